The highest BCUT2D eigenvalue weighted by atomic mass is 35.5. The first-order valence-electron chi connectivity index (χ1n) is 16.7. The van der Waals surface area contributed by atoms with Gasteiger partial charge in [0.15, 0.2) is 0 Å². The number of rotatable bonds is 12. The third-order valence-corrected chi connectivity index (χ3v) is 8.66. The van der Waals surface area contributed by atoms with E-state index in [1.165, 1.54) is 24.8 Å². The molecule has 0 aliphatic heterocycles. The molecule has 6 rings (SSSR count). The molecular weight excluding hydrogens is 821 g/mol. The fourth-order valence-corrected chi connectivity index (χ4v) is 5.05. The van der Waals surface area contributed by atoms with Crippen LogP contribution in [0.5, 0.6) is 23.3 Å². The lowest BCUT2D eigenvalue weighted by molar-refractivity contribution is -0.138. The first kappa shape index (κ1) is 44.3. The maximum absolute atomic E-state index is 12.5. The smallest absolute Gasteiger partial charge is 0.417 e. The number of aryl methyl sites for hydroxylation is 2. The number of benzene rings is 2. The summed E-state index contributed by atoms with van der Waals surface area (Å²) in [7, 11) is 0. The van der Waals surface area contributed by atoms with Crippen molar-refractivity contribution in [2.24, 2.45) is 0 Å². The van der Waals surface area contributed by atoms with E-state index in [9.17, 15) is 26.3 Å². The minimum absolute atomic E-state index is 0. The quantitative estimate of drug-likeness (QED) is 0.115. The molecule has 10 nitrogen and oxygen atoms in total. The summed E-state index contributed by atoms with van der Waals surface area (Å²) in [5.74, 6) is 2.33. The second-order valence-corrected chi connectivity index (χ2v) is 12.6. The predicted molar refractivity (Wildman–Crippen MR) is 207 cm³/mol. The summed E-state index contributed by atoms with van der Waals surface area (Å²) < 4.78 is 86.2. The van der Waals surface area contributed by atoms with Crippen molar-refractivity contribution in [1.82, 2.24) is 29.9 Å². The summed E-state index contributed by atoms with van der Waals surface area (Å²) >= 11 is 12.3. The number of anilines is 2. The van der Waals surface area contributed by atoms with Crippen molar-refractivity contribution >= 4 is 47.2 Å². The summed E-state index contributed by atoms with van der Waals surface area (Å²) in [5.41, 5.74) is 1.86. The molecule has 57 heavy (non-hydrogen) atoms. The van der Waals surface area contributed by atoms with E-state index >= 15 is 0 Å². The molecular formula is C38H33Cl3F6N8O2. The Morgan fingerprint density at radius 3 is 1.21 bits per heavy atom. The standard InChI is InChI=1S/2C19H16ClF3N4O.ClH/c2*1-12-17(20)18(27-11-26-12)24-9-8-13-2-5-15(6-3-13)28-16-7-4-14(10-25-16)19(21,22)23;/h2*2-7,10-11H,8-9H2,1H3,(H,24,26,27);1H. The molecule has 0 bridgehead atoms. The lowest BCUT2D eigenvalue weighted by Crippen LogP contribution is -2.07. The summed E-state index contributed by atoms with van der Waals surface area (Å²) in [6, 6.07) is 18.6. The number of nitrogens with zero attached hydrogens (tertiary/aromatic N) is 6. The van der Waals surface area contributed by atoms with Gasteiger partial charge in [-0.15, -0.1) is 12.4 Å². The van der Waals surface area contributed by atoms with Crippen LogP contribution in [0.4, 0.5) is 38.0 Å². The minimum Gasteiger partial charge on any atom is -0.439 e. The lowest BCUT2D eigenvalue weighted by atomic mass is 10.1. The number of hydrogen-bond donors (Lipinski definition) is 2. The monoisotopic (exact) mass is 852 g/mol. The number of hydrogen-bond acceptors (Lipinski definition) is 10. The van der Waals surface area contributed by atoms with Gasteiger partial charge in [0.05, 0.1) is 22.5 Å². The Morgan fingerprint density at radius 1 is 0.526 bits per heavy atom. The average Bonchev–Trinajstić information content (AvgIpc) is 3.16. The van der Waals surface area contributed by atoms with Crippen molar-refractivity contribution in [3.63, 3.8) is 0 Å². The molecule has 2 aromatic carbocycles. The van der Waals surface area contributed by atoms with Gasteiger partial charge in [-0.2, -0.15) is 26.3 Å². The largest absolute Gasteiger partial charge is 0.439 e. The van der Waals surface area contributed by atoms with Gasteiger partial charge in [0.1, 0.15) is 45.8 Å². The molecule has 0 spiro atoms. The molecule has 2 N–H and O–H groups in total. The normalized spacial score (nSPS) is 11.1. The Bertz CT molecular complexity index is 2020. The highest BCUT2D eigenvalue weighted by Crippen LogP contribution is 2.31. The zero-order valence-electron chi connectivity index (χ0n) is 30.0. The van der Waals surface area contributed by atoms with E-state index in [4.69, 9.17) is 32.7 Å². The van der Waals surface area contributed by atoms with Gasteiger partial charge in [-0.3, -0.25) is 0 Å². The van der Waals surface area contributed by atoms with Crippen molar-refractivity contribution in [1.29, 1.82) is 0 Å². The Balaban J connectivity index is 0.000000248. The molecule has 0 atom stereocenters. The molecule has 4 aromatic heterocycles. The summed E-state index contributed by atoms with van der Waals surface area (Å²) in [5, 5.41) is 7.31. The van der Waals surface area contributed by atoms with E-state index in [0.717, 1.165) is 48.5 Å². The van der Waals surface area contributed by atoms with E-state index in [1.54, 1.807) is 38.1 Å². The molecule has 0 fully saturated rings. The van der Waals surface area contributed by atoms with E-state index < -0.39 is 23.5 Å². The number of halogens is 9. The summed E-state index contributed by atoms with van der Waals surface area (Å²) in [6.45, 7) is 4.85. The van der Waals surface area contributed by atoms with Crippen LogP contribution in [0, 0.1) is 13.8 Å². The van der Waals surface area contributed by atoms with Gasteiger partial charge in [0, 0.05) is 37.6 Å². The Kier molecular flexibility index (Phi) is 15.6. The molecule has 19 heteroatoms. The van der Waals surface area contributed by atoms with Crippen LogP contribution in [0.25, 0.3) is 0 Å². The number of nitrogens with one attached hydrogen (secondary N) is 2. The molecule has 0 radical (unpaired) electrons. The molecule has 6 aromatic rings. The summed E-state index contributed by atoms with van der Waals surface area (Å²) in [6.07, 6.45) is -3.01. The molecule has 0 saturated carbocycles. The van der Waals surface area contributed by atoms with E-state index in [2.05, 4.69) is 40.5 Å². The Hall–Kier alpha value is -5.45. The SMILES string of the molecule is Cc1ncnc(NCCc2ccc(Oc3ccc(C(F)(F)F)cn3)cc2)c1Cl.Cc1ncnc(NCCc2ccc(Oc3ccc(C(F)(F)F)cn3)cc2)c1Cl.Cl. The maximum atomic E-state index is 12.5. The fourth-order valence-electron chi connectivity index (χ4n) is 4.72. The van der Waals surface area contributed by atoms with Crippen LogP contribution in [0.15, 0.2) is 97.8 Å². The second kappa shape index (κ2) is 20.1. The van der Waals surface area contributed by atoms with Crippen molar-refractivity contribution in [3.05, 3.63) is 142 Å². The molecule has 0 amide bonds. The number of pyridine rings is 2. The van der Waals surface area contributed by atoms with Crippen molar-refractivity contribution in [3.8, 4) is 23.3 Å². The van der Waals surface area contributed by atoms with Gasteiger partial charge in [0.25, 0.3) is 0 Å². The van der Waals surface area contributed by atoms with Crippen LogP contribution >= 0.6 is 35.6 Å². The minimum atomic E-state index is -4.42. The lowest BCUT2D eigenvalue weighted by Gasteiger charge is -2.10. The fraction of sp³-hybridized carbons (Fsp3) is 0.211. The molecule has 0 unspecified atom stereocenters. The second-order valence-electron chi connectivity index (χ2n) is 11.9. The van der Waals surface area contributed by atoms with Crippen LogP contribution in [0.1, 0.15) is 33.6 Å². The third kappa shape index (κ3) is 13.3. The average molecular weight is 854 g/mol. The summed E-state index contributed by atoms with van der Waals surface area (Å²) in [4.78, 5) is 23.6. The van der Waals surface area contributed by atoms with Crippen LogP contribution in [-0.4, -0.2) is 43.0 Å². The number of aromatic nitrogens is 6. The van der Waals surface area contributed by atoms with Gasteiger partial charge >= 0.3 is 12.4 Å². The topological polar surface area (TPSA) is 120 Å². The Morgan fingerprint density at radius 2 is 0.895 bits per heavy atom. The van der Waals surface area contributed by atoms with Crippen molar-refractivity contribution in [2.75, 3.05) is 23.7 Å². The number of ether oxygens (including phenoxy) is 2. The first-order valence-corrected chi connectivity index (χ1v) is 17.4. The highest BCUT2D eigenvalue weighted by molar-refractivity contribution is 6.33. The van der Waals surface area contributed by atoms with Gasteiger partial charge in [-0.05, 0) is 74.2 Å². The van der Waals surface area contributed by atoms with Crippen LogP contribution < -0.4 is 20.1 Å². The van der Waals surface area contributed by atoms with Crippen molar-refractivity contribution in [2.45, 2.75) is 39.0 Å². The van der Waals surface area contributed by atoms with Crippen LogP contribution in [-0.2, 0) is 25.2 Å². The third-order valence-electron chi connectivity index (χ3n) is 7.76. The van der Waals surface area contributed by atoms with E-state index in [1.807, 2.05) is 24.3 Å². The van der Waals surface area contributed by atoms with Crippen LogP contribution in [0.3, 0.4) is 0 Å². The highest BCUT2D eigenvalue weighted by Gasteiger charge is 2.31. The molecule has 4 heterocycles. The number of alkyl halides is 6. The first-order chi connectivity index (χ1) is 26.7. The molecule has 300 valence electrons. The van der Waals surface area contributed by atoms with Gasteiger partial charge in [0.2, 0.25) is 11.8 Å². The van der Waals surface area contributed by atoms with Gasteiger partial charge < -0.3 is 20.1 Å². The molecule has 0 aliphatic carbocycles. The van der Waals surface area contributed by atoms with E-state index in [-0.39, 0.29) is 24.2 Å². The van der Waals surface area contributed by atoms with Crippen molar-refractivity contribution < 1.29 is 35.8 Å². The van der Waals surface area contributed by atoms with Gasteiger partial charge in [-0.1, -0.05) is 47.5 Å². The van der Waals surface area contributed by atoms with E-state index in [0.29, 0.717) is 57.7 Å². The van der Waals surface area contributed by atoms with Gasteiger partial charge in [-0.25, -0.2) is 29.9 Å². The molecule has 0 aliphatic rings. The maximum Gasteiger partial charge on any atom is 0.417 e. The van der Waals surface area contributed by atoms with Crippen LogP contribution in [0.2, 0.25) is 10.0 Å². The zero-order chi connectivity index (χ0) is 40.3. The predicted octanol–water partition coefficient (Wildman–Crippen LogP) is 11.0. The zero-order valence-corrected chi connectivity index (χ0v) is 32.3. The Labute approximate surface area is 339 Å². The molecule has 0 saturated heterocycles.